The summed E-state index contributed by atoms with van der Waals surface area (Å²) in [6.07, 6.45) is 5.50. The third kappa shape index (κ3) is 4.46. The van der Waals surface area contributed by atoms with Crippen molar-refractivity contribution in [3.8, 4) is 5.75 Å². The van der Waals surface area contributed by atoms with Gasteiger partial charge < -0.3 is 19.7 Å². The topological polar surface area (TPSA) is 50.8 Å². The molecule has 1 unspecified atom stereocenters. The highest BCUT2D eigenvalue weighted by Gasteiger charge is 2.30. The van der Waals surface area contributed by atoms with E-state index in [1.54, 1.807) is 7.11 Å². The van der Waals surface area contributed by atoms with Crippen LogP contribution in [0.3, 0.4) is 0 Å². The van der Waals surface area contributed by atoms with Crippen LogP contribution < -0.4 is 10.1 Å². The number of ether oxygens (including phenoxy) is 2. The maximum atomic E-state index is 12.7. The van der Waals surface area contributed by atoms with Crippen LogP contribution in [0.4, 0.5) is 10.5 Å². The molecule has 2 saturated heterocycles. The summed E-state index contributed by atoms with van der Waals surface area (Å²) in [5.74, 6) is 2.15. The van der Waals surface area contributed by atoms with Gasteiger partial charge in [-0.15, -0.1) is 0 Å². The van der Waals surface area contributed by atoms with Gasteiger partial charge in [-0.3, -0.25) is 0 Å². The maximum absolute atomic E-state index is 12.7. The lowest BCUT2D eigenvalue weighted by molar-refractivity contribution is 0.0322. The monoisotopic (exact) mass is 346 g/mol. The molecule has 0 spiro atoms. The van der Waals surface area contributed by atoms with Crippen molar-refractivity contribution >= 4 is 11.7 Å². The quantitative estimate of drug-likeness (QED) is 0.899. The third-order valence-corrected chi connectivity index (χ3v) is 5.60. The molecule has 2 fully saturated rings. The van der Waals surface area contributed by atoms with Crippen molar-refractivity contribution in [2.45, 2.75) is 39.0 Å². The second-order valence-corrected chi connectivity index (χ2v) is 7.11. The molecule has 2 heterocycles. The zero-order valence-electron chi connectivity index (χ0n) is 15.4. The van der Waals surface area contributed by atoms with E-state index in [-0.39, 0.29) is 6.03 Å². The first-order chi connectivity index (χ1) is 12.2. The minimum absolute atomic E-state index is 0.00283. The maximum Gasteiger partial charge on any atom is 0.321 e. The number of benzene rings is 1. The molecular weight excluding hydrogens is 316 g/mol. The highest BCUT2D eigenvalue weighted by atomic mass is 16.5. The summed E-state index contributed by atoms with van der Waals surface area (Å²) in [4.78, 5) is 14.7. The number of rotatable bonds is 4. The molecule has 0 aromatic heterocycles. The van der Waals surface area contributed by atoms with Gasteiger partial charge in [0.25, 0.3) is 0 Å². The number of nitrogens with zero attached hydrogens (tertiary/aromatic N) is 1. The lowest BCUT2D eigenvalue weighted by Crippen LogP contribution is -2.44. The number of aryl methyl sites for hydroxylation is 1. The lowest BCUT2D eigenvalue weighted by Gasteiger charge is -2.38. The molecule has 1 atom stereocenters. The van der Waals surface area contributed by atoms with Gasteiger partial charge in [-0.05, 0) is 55.6 Å². The molecule has 0 saturated carbocycles. The molecule has 2 amide bonds. The first kappa shape index (κ1) is 18.1. The van der Waals surface area contributed by atoms with Gasteiger partial charge in [-0.25, -0.2) is 4.79 Å². The van der Waals surface area contributed by atoms with Crippen LogP contribution in [0.5, 0.6) is 5.75 Å². The van der Waals surface area contributed by atoms with Crippen molar-refractivity contribution in [1.82, 2.24) is 4.90 Å². The number of anilines is 1. The predicted molar refractivity (Wildman–Crippen MR) is 99.2 cm³/mol. The number of likely N-dealkylation sites (tertiary alicyclic amines) is 1. The summed E-state index contributed by atoms with van der Waals surface area (Å²) in [6, 6.07) is 5.90. The number of hydrogen-bond acceptors (Lipinski definition) is 3. The number of carbonyl (C=O) groups is 1. The second-order valence-electron chi connectivity index (χ2n) is 7.11. The summed E-state index contributed by atoms with van der Waals surface area (Å²) >= 11 is 0. The fraction of sp³-hybridized carbons (Fsp3) is 0.650. The largest absolute Gasteiger partial charge is 0.496 e. The molecule has 5 heteroatoms. The highest BCUT2D eigenvalue weighted by Crippen LogP contribution is 2.31. The molecule has 3 rings (SSSR count). The third-order valence-electron chi connectivity index (χ3n) is 5.60. The average molecular weight is 346 g/mol. The van der Waals surface area contributed by atoms with E-state index >= 15 is 0 Å². The number of hydrogen-bond donors (Lipinski definition) is 1. The summed E-state index contributed by atoms with van der Waals surface area (Å²) in [7, 11) is 1.67. The molecule has 1 aromatic rings. The van der Waals surface area contributed by atoms with Crippen LogP contribution in [0.2, 0.25) is 0 Å². The lowest BCUT2D eigenvalue weighted by atomic mass is 9.81. The Balaban J connectivity index is 1.60. The van der Waals surface area contributed by atoms with Gasteiger partial charge >= 0.3 is 6.03 Å². The molecule has 2 aliphatic heterocycles. The molecule has 2 aliphatic rings. The molecule has 25 heavy (non-hydrogen) atoms. The Hall–Kier alpha value is -1.75. The number of piperidine rings is 1. The van der Waals surface area contributed by atoms with Crippen molar-refractivity contribution in [2.24, 2.45) is 11.8 Å². The Morgan fingerprint density at radius 2 is 2.08 bits per heavy atom. The number of amides is 2. The Bertz CT molecular complexity index is 584. The van der Waals surface area contributed by atoms with Crippen molar-refractivity contribution < 1.29 is 14.3 Å². The normalized spacial score (nSPS) is 21.8. The van der Waals surface area contributed by atoms with Crippen LogP contribution in [0.1, 0.15) is 38.2 Å². The van der Waals surface area contributed by atoms with Gasteiger partial charge in [0, 0.05) is 38.1 Å². The highest BCUT2D eigenvalue weighted by molar-refractivity contribution is 5.89. The zero-order chi connectivity index (χ0) is 17.6. The van der Waals surface area contributed by atoms with Crippen molar-refractivity contribution in [3.63, 3.8) is 0 Å². The van der Waals surface area contributed by atoms with E-state index in [0.29, 0.717) is 11.8 Å². The van der Waals surface area contributed by atoms with Crippen LogP contribution in [-0.4, -0.2) is 44.3 Å². The Morgan fingerprint density at radius 1 is 1.28 bits per heavy atom. The van der Waals surface area contributed by atoms with Gasteiger partial charge in [0.2, 0.25) is 0 Å². The van der Waals surface area contributed by atoms with Crippen molar-refractivity contribution in [2.75, 3.05) is 38.7 Å². The molecule has 0 bridgehead atoms. The van der Waals surface area contributed by atoms with Crippen LogP contribution in [0.15, 0.2) is 18.2 Å². The van der Waals surface area contributed by atoms with Crippen LogP contribution in [-0.2, 0) is 11.2 Å². The van der Waals surface area contributed by atoms with E-state index in [0.717, 1.165) is 69.0 Å². The fourth-order valence-electron chi connectivity index (χ4n) is 4.08. The SMILES string of the molecule is CCc1ccc(NC(=O)N2CCCC(C3CCOCC3)C2)cc1OC. The Kier molecular flexibility index (Phi) is 6.19. The molecular formula is C20H30N2O3. The van der Waals surface area contributed by atoms with Crippen LogP contribution in [0, 0.1) is 11.8 Å². The van der Waals surface area contributed by atoms with E-state index < -0.39 is 0 Å². The number of methoxy groups -OCH3 is 1. The number of nitrogens with one attached hydrogen (secondary N) is 1. The predicted octanol–water partition coefficient (Wildman–Crippen LogP) is 3.93. The second kappa shape index (κ2) is 8.56. The first-order valence-corrected chi connectivity index (χ1v) is 9.51. The summed E-state index contributed by atoms with van der Waals surface area (Å²) in [5, 5.41) is 3.04. The standard InChI is InChI=1S/C20H30N2O3/c1-3-15-6-7-18(13-19(15)24-2)21-20(23)22-10-4-5-17(14-22)16-8-11-25-12-9-16/h6-7,13,16-17H,3-5,8-12,14H2,1-2H3,(H,21,23). The zero-order valence-corrected chi connectivity index (χ0v) is 15.4. The molecule has 0 radical (unpaired) electrons. The van der Waals surface area contributed by atoms with Gasteiger partial charge in [-0.2, -0.15) is 0 Å². The summed E-state index contributed by atoms with van der Waals surface area (Å²) in [6.45, 7) is 5.55. The fourth-order valence-corrected chi connectivity index (χ4v) is 4.08. The first-order valence-electron chi connectivity index (χ1n) is 9.51. The Morgan fingerprint density at radius 3 is 2.80 bits per heavy atom. The van der Waals surface area contributed by atoms with Gasteiger partial charge in [0.1, 0.15) is 5.75 Å². The van der Waals surface area contributed by atoms with Gasteiger partial charge in [0.15, 0.2) is 0 Å². The summed E-state index contributed by atoms with van der Waals surface area (Å²) < 4.78 is 10.9. The number of urea groups is 1. The van der Waals surface area contributed by atoms with Crippen molar-refractivity contribution in [3.05, 3.63) is 23.8 Å². The molecule has 1 N–H and O–H groups in total. The van der Waals surface area contributed by atoms with Crippen LogP contribution >= 0.6 is 0 Å². The summed E-state index contributed by atoms with van der Waals surface area (Å²) in [5.41, 5.74) is 1.95. The van der Waals surface area contributed by atoms with E-state index in [2.05, 4.69) is 12.2 Å². The average Bonchev–Trinajstić information content (AvgIpc) is 2.68. The van der Waals surface area contributed by atoms with E-state index in [4.69, 9.17) is 9.47 Å². The number of carbonyl (C=O) groups excluding carboxylic acids is 1. The van der Waals surface area contributed by atoms with Crippen molar-refractivity contribution in [1.29, 1.82) is 0 Å². The van der Waals surface area contributed by atoms with E-state index in [1.807, 2.05) is 23.1 Å². The van der Waals surface area contributed by atoms with E-state index in [9.17, 15) is 4.79 Å². The molecule has 5 nitrogen and oxygen atoms in total. The molecule has 1 aromatic carbocycles. The molecule has 0 aliphatic carbocycles. The smallest absolute Gasteiger partial charge is 0.321 e. The minimum Gasteiger partial charge on any atom is -0.496 e. The molecule has 138 valence electrons. The van der Waals surface area contributed by atoms with Gasteiger partial charge in [-0.1, -0.05) is 13.0 Å². The van der Waals surface area contributed by atoms with Crippen LogP contribution in [0.25, 0.3) is 0 Å². The minimum atomic E-state index is 0.00283. The Labute approximate surface area is 150 Å². The van der Waals surface area contributed by atoms with E-state index in [1.165, 1.54) is 6.42 Å². The van der Waals surface area contributed by atoms with Gasteiger partial charge in [0.05, 0.1) is 7.11 Å².